The molecule has 0 amide bonds. The van der Waals surface area contributed by atoms with Crippen molar-refractivity contribution in [3.8, 4) is 0 Å². The minimum Gasteiger partial charge on any atom is -0.480 e. The van der Waals surface area contributed by atoms with Gasteiger partial charge in [0.15, 0.2) is 0 Å². The Bertz CT molecular complexity index is 253. The first kappa shape index (κ1) is 13.2. The molecule has 4 nitrogen and oxygen atoms in total. The fraction of sp³-hybridized carbons (Fsp3) is 0.750. The van der Waals surface area contributed by atoms with Gasteiger partial charge >= 0.3 is 5.97 Å². The molecule has 1 rings (SSSR count). The van der Waals surface area contributed by atoms with Crippen molar-refractivity contribution < 1.29 is 9.90 Å². The Morgan fingerprint density at radius 1 is 1.25 bits per heavy atom. The topological polar surface area (TPSA) is 43.8 Å². The summed E-state index contributed by atoms with van der Waals surface area (Å²) < 4.78 is 0. The van der Waals surface area contributed by atoms with E-state index in [1.807, 2.05) is 4.90 Å². The Hall–Kier alpha value is -0.870. The minimum atomic E-state index is -0.726. The van der Waals surface area contributed by atoms with E-state index in [-0.39, 0.29) is 6.54 Å². The zero-order chi connectivity index (χ0) is 12.0. The highest BCUT2D eigenvalue weighted by Crippen LogP contribution is 2.05. The van der Waals surface area contributed by atoms with Crippen LogP contribution in [0.15, 0.2) is 12.2 Å². The summed E-state index contributed by atoms with van der Waals surface area (Å²) >= 11 is 0. The lowest BCUT2D eigenvalue weighted by molar-refractivity contribution is -0.138. The fourth-order valence-corrected chi connectivity index (χ4v) is 1.95. The first-order valence-electron chi connectivity index (χ1n) is 5.89. The van der Waals surface area contributed by atoms with Gasteiger partial charge in [-0.15, -0.1) is 6.58 Å². The van der Waals surface area contributed by atoms with Crippen LogP contribution in [0, 0.1) is 0 Å². The number of carbonyl (C=O) groups is 1. The van der Waals surface area contributed by atoms with E-state index in [4.69, 9.17) is 5.11 Å². The van der Waals surface area contributed by atoms with Crippen LogP contribution in [-0.2, 0) is 4.79 Å². The molecule has 1 aliphatic heterocycles. The molecule has 0 atom stereocenters. The molecule has 0 radical (unpaired) electrons. The summed E-state index contributed by atoms with van der Waals surface area (Å²) in [7, 11) is 0. The molecule has 0 aliphatic carbocycles. The average molecular weight is 226 g/mol. The number of hydrogen-bond acceptors (Lipinski definition) is 3. The van der Waals surface area contributed by atoms with Crippen LogP contribution in [0.2, 0.25) is 0 Å². The highest BCUT2D eigenvalue weighted by molar-refractivity contribution is 5.69. The van der Waals surface area contributed by atoms with E-state index in [0.717, 1.165) is 45.6 Å². The van der Waals surface area contributed by atoms with Crippen LogP contribution in [0.1, 0.15) is 19.8 Å². The molecule has 0 saturated carbocycles. The van der Waals surface area contributed by atoms with Gasteiger partial charge in [0, 0.05) is 26.2 Å². The number of hydrogen-bond donors (Lipinski definition) is 1. The maximum absolute atomic E-state index is 10.6. The normalized spacial score (nSPS) is 19.3. The minimum absolute atomic E-state index is 0.175. The van der Waals surface area contributed by atoms with Gasteiger partial charge < -0.3 is 10.0 Å². The van der Waals surface area contributed by atoms with Crippen molar-refractivity contribution in [3.05, 3.63) is 12.2 Å². The molecule has 1 fully saturated rings. The predicted octanol–water partition coefficient (Wildman–Crippen LogP) is 1.04. The zero-order valence-electron chi connectivity index (χ0n) is 10.1. The Balaban J connectivity index is 2.28. The summed E-state index contributed by atoms with van der Waals surface area (Å²) in [6.07, 6.45) is 2.10. The molecule has 1 N–H and O–H groups in total. The number of carboxylic acid groups (broad SMARTS) is 1. The molecule has 1 heterocycles. The summed E-state index contributed by atoms with van der Waals surface area (Å²) in [5.74, 6) is -0.726. The molecule has 0 unspecified atom stereocenters. The molecule has 1 aliphatic rings. The van der Waals surface area contributed by atoms with Crippen LogP contribution in [0.25, 0.3) is 0 Å². The van der Waals surface area contributed by atoms with Crippen LogP contribution < -0.4 is 0 Å². The maximum Gasteiger partial charge on any atom is 0.317 e. The third-order valence-corrected chi connectivity index (χ3v) is 2.89. The second-order valence-electron chi connectivity index (χ2n) is 4.57. The molecule has 4 heteroatoms. The molecule has 0 aromatic rings. The fourth-order valence-electron chi connectivity index (χ4n) is 1.95. The number of aliphatic carboxylic acids is 1. The van der Waals surface area contributed by atoms with Gasteiger partial charge in [-0.2, -0.15) is 0 Å². The van der Waals surface area contributed by atoms with Crippen molar-refractivity contribution in [2.75, 3.05) is 39.3 Å². The highest BCUT2D eigenvalue weighted by Gasteiger charge is 2.16. The van der Waals surface area contributed by atoms with Gasteiger partial charge in [-0.1, -0.05) is 5.57 Å². The maximum atomic E-state index is 10.6. The van der Waals surface area contributed by atoms with Crippen molar-refractivity contribution in [3.63, 3.8) is 0 Å². The van der Waals surface area contributed by atoms with Crippen molar-refractivity contribution >= 4 is 5.97 Å². The lowest BCUT2D eigenvalue weighted by Crippen LogP contribution is -2.34. The lowest BCUT2D eigenvalue weighted by Gasteiger charge is -2.20. The summed E-state index contributed by atoms with van der Waals surface area (Å²) in [6, 6.07) is 0. The van der Waals surface area contributed by atoms with E-state index in [9.17, 15) is 4.79 Å². The second kappa shape index (κ2) is 6.66. The molecule has 0 spiro atoms. The molecule has 0 aromatic carbocycles. The molecule has 0 bridgehead atoms. The monoisotopic (exact) mass is 226 g/mol. The number of rotatable bonds is 5. The SMILES string of the molecule is C=C(C)CCN1CCCN(CC(=O)O)CC1. The number of carboxylic acids is 1. The molecule has 92 valence electrons. The van der Waals surface area contributed by atoms with Crippen LogP contribution >= 0.6 is 0 Å². The summed E-state index contributed by atoms with van der Waals surface area (Å²) in [4.78, 5) is 15.0. The van der Waals surface area contributed by atoms with E-state index in [2.05, 4.69) is 18.4 Å². The number of nitrogens with zero attached hydrogens (tertiary/aromatic N) is 2. The van der Waals surface area contributed by atoms with Crippen LogP contribution in [0.4, 0.5) is 0 Å². The van der Waals surface area contributed by atoms with Gasteiger partial charge in [-0.25, -0.2) is 0 Å². The van der Waals surface area contributed by atoms with Crippen molar-refractivity contribution in [1.82, 2.24) is 9.80 Å². The van der Waals surface area contributed by atoms with Gasteiger partial charge in [0.2, 0.25) is 0 Å². The van der Waals surface area contributed by atoms with Gasteiger partial charge in [-0.3, -0.25) is 9.69 Å². The Morgan fingerprint density at radius 3 is 2.50 bits per heavy atom. The third-order valence-electron chi connectivity index (χ3n) is 2.89. The van der Waals surface area contributed by atoms with Crippen LogP contribution in [0.3, 0.4) is 0 Å². The first-order valence-corrected chi connectivity index (χ1v) is 5.89. The predicted molar refractivity (Wildman–Crippen MR) is 64.6 cm³/mol. The molecular weight excluding hydrogens is 204 g/mol. The lowest BCUT2D eigenvalue weighted by atomic mass is 10.2. The third kappa shape index (κ3) is 5.28. The molecular formula is C12H22N2O2. The van der Waals surface area contributed by atoms with E-state index < -0.39 is 5.97 Å². The van der Waals surface area contributed by atoms with E-state index >= 15 is 0 Å². The van der Waals surface area contributed by atoms with E-state index in [1.165, 1.54) is 5.57 Å². The Morgan fingerprint density at radius 2 is 1.88 bits per heavy atom. The molecule has 0 aromatic heterocycles. The van der Waals surface area contributed by atoms with E-state index in [1.54, 1.807) is 0 Å². The van der Waals surface area contributed by atoms with Gasteiger partial charge in [-0.05, 0) is 26.3 Å². The van der Waals surface area contributed by atoms with E-state index in [0.29, 0.717) is 0 Å². The quantitative estimate of drug-likeness (QED) is 0.712. The van der Waals surface area contributed by atoms with Gasteiger partial charge in [0.25, 0.3) is 0 Å². The first-order chi connectivity index (χ1) is 7.58. The van der Waals surface area contributed by atoms with Crippen LogP contribution in [0.5, 0.6) is 0 Å². The highest BCUT2D eigenvalue weighted by atomic mass is 16.4. The standard InChI is InChI=1S/C12H22N2O2/c1-11(2)4-7-13-5-3-6-14(9-8-13)10-12(15)16/h1,3-10H2,2H3,(H,15,16). The summed E-state index contributed by atoms with van der Waals surface area (Å²) in [5, 5.41) is 8.73. The van der Waals surface area contributed by atoms with Crippen molar-refractivity contribution in [2.45, 2.75) is 19.8 Å². The summed E-state index contributed by atoms with van der Waals surface area (Å²) in [5.41, 5.74) is 1.21. The molecule has 16 heavy (non-hydrogen) atoms. The Kier molecular flexibility index (Phi) is 5.49. The average Bonchev–Trinajstić information content (AvgIpc) is 2.39. The zero-order valence-corrected chi connectivity index (χ0v) is 10.1. The van der Waals surface area contributed by atoms with Crippen molar-refractivity contribution in [1.29, 1.82) is 0 Å². The molecule has 1 saturated heterocycles. The Labute approximate surface area is 97.5 Å². The van der Waals surface area contributed by atoms with Crippen LogP contribution in [-0.4, -0.2) is 60.1 Å². The van der Waals surface area contributed by atoms with Crippen molar-refractivity contribution in [2.24, 2.45) is 0 Å². The largest absolute Gasteiger partial charge is 0.480 e. The van der Waals surface area contributed by atoms with Gasteiger partial charge in [0.05, 0.1) is 6.54 Å². The summed E-state index contributed by atoms with van der Waals surface area (Å²) in [6.45, 7) is 11.0. The smallest absolute Gasteiger partial charge is 0.317 e. The van der Waals surface area contributed by atoms with Gasteiger partial charge in [0.1, 0.15) is 0 Å². The second-order valence-corrected chi connectivity index (χ2v) is 4.57.